The van der Waals surface area contributed by atoms with Crippen molar-refractivity contribution in [2.24, 2.45) is 0 Å². The first kappa shape index (κ1) is 10.8. The van der Waals surface area contributed by atoms with Crippen LogP contribution in [0.2, 0.25) is 0 Å². The van der Waals surface area contributed by atoms with Gasteiger partial charge in [0.2, 0.25) is 0 Å². The van der Waals surface area contributed by atoms with Gasteiger partial charge in [0.25, 0.3) is 0 Å². The maximum absolute atomic E-state index is 5.36. The number of nitrogens with zero attached hydrogens (tertiary/aromatic N) is 1. The molecule has 4 heteroatoms. The standard InChI is InChI=1S/C11H10BrNOS/c1-8-5-6-14-9(8)7-15-11-4-2-3-10(12)13-11/h2-6H,7H2,1H3. The number of hydrogen-bond donors (Lipinski definition) is 0. The van der Waals surface area contributed by atoms with Gasteiger partial charge in [-0.1, -0.05) is 17.8 Å². The number of pyridine rings is 1. The van der Waals surface area contributed by atoms with Crippen LogP contribution in [0.25, 0.3) is 0 Å². The molecule has 0 aliphatic heterocycles. The van der Waals surface area contributed by atoms with Crippen molar-refractivity contribution in [3.8, 4) is 0 Å². The van der Waals surface area contributed by atoms with Gasteiger partial charge in [0, 0.05) is 0 Å². The molecule has 78 valence electrons. The Morgan fingerprint density at radius 2 is 2.27 bits per heavy atom. The van der Waals surface area contributed by atoms with Gasteiger partial charge in [-0.15, -0.1) is 0 Å². The number of aromatic nitrogens is 1. The minimum atomic E-state index is 0.822. The fourth-order valence-electron chi connectivity index (χ4n) is 1.16. The molecule has 0 amide bonds. The summed E-state index contributed by atoms with van der Waals surface area (Å²) in [7, 11) is 0. The molecule has 0 fully saturated rings. The van der Waals surface area contributed by atoms with E-state index in [2.05, 4.69) is 20.9 Å². The number of aryl methyl sites for hydroxylation is 1. The van der Waals surface area contributed by atoms with E-state index in [0.717, 1.165) is 21.1 Å². The Kier molecular flexibility index (Phi) is 3.49. The first-order valence-electron chi connectivity index (χ1n) is 4.54. The van der Waals surface area contributed by atoms with E-state index in [1.165, 1.54) is 5.56 Å². The number of thioether (sulfide) groups is 1. The van der Waals surface area contributed by atoms with E-state index in [1.54, 1.807) is 18.0 Å². The van der Waals surface area contributed by atoms with Crippen molar-refractivity contribution in [2.45, 2.75) is 17.7 Å². The second-order valence-corrected chi connectivity index (χ2v) is 4.92. The number of furan rings is 1. The molecule has 0 aliphatic carbocycles. The topological polar surface area (TPSA) is 26.0 Å². The maximum atomic E-state index is 5.36. The molecule has 0 saturated carbocycles. The third kappa shape index (κ3) is 2.86. The molecular formula is C11H10BrNOS. The highest BCUT2D eigenvalue weighted by Gasteiger charge is 2.03. The Morgan fingerprint density at radius 1 is 1.40 bits per heavy atom. The SMILES string of the molecule is Cc1ccoc1CSc1cccc(Br)n1. The van der Waals surface area contributed by atoms with Crippen LogP contribution < -0.4 is 0 Å². The summed E-state index contributed by atoms with van der Waals surface area (Å²) < 4.78 is 6.22. The largest absolute Gasteiger partial charge is 0.468 e. The van der Waals surface area contributed by atoms with Gasteiger partial charge < -0.3 is 4.42 Å². The highest BCUT2D eigenvalue weighted by atomic mass is 79.9. The minimum absolute atomic E-state index is 0.822. The van der Waals surface area contributed by atoms with Gasteiger partial charge in [0.15, 0.2) is 0 Å². The second-order valence-electron chi connectivity index (χ2n) is 3.11. The minimum Gasteiger partial charge on any atom is -0.468 e. The van der Waals surface area contributed by atoms with Crippen molar-refractivity contribution in [3.05, 3.63) is 46.5 Å². The zero-order valence-corrected chi connectivity index (χ0v) is 10.6. The third-order valence-electron chi connectivity index (χ3n) is 2.01. The van der Waals surface area contributed by atoms with Crippen molar-refractivity contribution in [1.82, 2.24) is 4.98 Å². The molecule has 0 N–H and O–H groups in total. The molecule has 15 heavy (non-hydrogen) atoms. The fourth-order valence-corrected chi connectivity index (χ4v) is 2.53. The van der Waals surface area contributed by atoms with E-state index in [1.807, 2.05) is 31.2 Å². The lowest BCUT2D eigenvalue weighted by atomic mass is 10.3. The Bertz CT molecular complexity index is 455. The van der Waals surface area contributed by atoms with Crippen LogP contribution >= 0.6 is 27.7 Å². The normalized spacial score (nSPS) is 10.5. The van der Waals surface area contributed by atoms with E-state index >= 15 is 0 Å². The lowest BCUT2D eigenvalue weighted by Crippen LogP contribution is -1.83. The third-order valence-corrected chi connectivity index (χ3v) is 3.38. The molecule has 0 aliphatic rings. The van der Waals surface area contributed by atoms with Crippen molar-refractivity contribution in [3.63, 3.8) is 0 Å². The van der Waals surface area contributed by atoms with Crippen molar-refractivity contribution in [2.75, 3.05) is 0 Å². The van der Waals surface area contributed by atoms with Crippen LogP contribution in [0.5, 0.6) is 0 Å². The Hall–Kier alpha value is -0.740. The highest BCUT2D eigenvalue weighted by molar-refractivity contribution is 9.10. The van der Waals surface area contributed by atoms with Crippen LogP contribution in [-0.4, -0.2) is 4.98 Å². The van der Waals surface area contributed by atoms with Gasteiger partial charge in [-0.3, -0.25) is 0 Å². The van der Waals surface area contributed by atoms with Crippen LogP contribution in [0.4, 0.5) is 0 Å². The molecule has 0 saturated heterocycles. The molecule has 0 bridgehead atoms. The van der Waals surface area contributed by atoms with Gasteiger partial charge in [0.1, 0.15) is 10.4 Å². The lowest BCUT2D eigenvalue weighted by molar-refractivity contribution is 0.528. The Balaban J connectivity index is 2.02. The molecule has 2 aromatic rings. The van der Waals surface area contributed by atoms with Crippen LogP contribution in [-0.2, 0) is 5.75 Å². The zero-order valence-electron chi connectivity index (χ0n) is 8.24. The van der Waals surface area contributed by atoms with Gasteiger partial charge in [0.05, 0.1) is 17.0 Å². The summed E-state index contributed by atoms with van der Waals surface area (Å²) in [6.07, 6.45) is 1.72. The predicted molar refractivity (Wildman–Crippen MR) is 64.9 cm³/mol. The van der Waals surface area contributed by atoms with E-state index in [4.69, 9.17) is 4.42 Å². The average molecular weight is 284 g/mol. The van der Waals surface area contributed by atoms with Gasteiger partial charge >= 0.3 is 0 Å². The van der Waals surface area contributed by atoms with Crippen LogP contribution in [0.3, 0.4) is 0 Å². The fraction of sp³-hybridized carbons (Fsp3) is 0.182. The molecule has 0 radical (unpaired) electrons. The molecule has 2 aromatic heterocycles. The molecule has 0 spiro atoms. The predicted octanol–water partition coefficient (Wildman–Crippen LogP) is 4.04. The molecule has 0 unspecified atom stereocenters. The first-order valence-corrected chi connectivity index (χ1v) is 6.32. The first-order chi connectivity index (χ1) is 7.25. The summed E-state index contributed by atoms with van der Waals surface area (Å²) in [6.45, 7) is 2.05. The van der Waals surface area contributed by atoms with Gasteiger partial charge in [-0.05, 0) is 46.6 Å². The van der Waals surface area contributed by atoms with E-state index in [0.29, 0.717) is 0 Å². The molecular weight excluding hydrogens is 274 g/mol. The number of hydrogen-bond acceptors (Lipinski definition) is 3. The van der Waals surface area contributed by atoms with E-state index in [9.17, 15) is 0 Å². The van der Waals surface area contributed by atoms with Crippen LogP contribution in [0.15, 0.2) is 44.6 Å². The highest BCUT2D eigenvalue weighted by Crippen LogP contribution is 2.24. The number of halogens is 1. The summed E-state index contributed by atoms with van der Waals surface area (Å²) in [6, 6.07) is 7.87. The Morgan fingerprint density at radius 3 is 2.93 bits per heavy atom. The molecule has 0 atom stereocenters. The lowest BCUT2D eigenvalue weighted by Gasteiger charge is -1.99. The summed E-state index contributed by atoms with van der Waals surface area (Å²) >= 11 is 5.02. The van der Waals surface area contributed by atoms with Crippen LogP contribution in [0, 0.1) is 6.92 Å². The van der Waals surface area contributed by atoms with Gasteiger partial charge in [-0.25, -0.2) is 4.98 Å². The molecule has 2 heterocycles. The second kappa shape index (κ2) is 4.86. The van der Waals surface area contributed by atoms with Crippen molar-refractivity contribution < 1.29 is 4.42 Å². The van der Waals surface area contributed by atoms with E-state index in [-0.39, 0.29) is 0 Å². The molecule has 0 aromatic carbocycles. The molecule has 2 rings (SSSR count). The quantitative estimate of drug-likeness (QED) is 0.628. The van der Waals surface area contributed by atoms with Crippen molar-refractivity contribution >= 4 is 27.7 Å². The Labute approximate surface area is 101 Å². The number of rotatable bonds is 3. The summed E-state index contributed by atoms with van der Waals surface area (Å²) in [5.74, 6) is 1.84. The molecule has 2 nitrogen and oxygen atoms in total. The van der Waals surface area contributed by atoms with Crippen molar-refractivity contribution in [1.29, 1.82) is 0 Å². The van der Waals surface area contributed by atoms with E-state index < -0.39 is 0 Å². The maximum Gasteiger partial charge on any atom is 0.116 e. The smallest absolute Gasteiger partial charge is 0.116 e. The summed E-state index contributed by atoms with van der Waals surface area (Å²) in [5.41, 5.74) is 1.19. The average Bonchev–Trinajstić information content (AvgIpc) is 2.61. The summed E-state index contributed by atoms with van der Waals surface area (Å²) in [5, 5.41) is 1.00. The monoisotopic (exact) mass is 283 g/mol. The zero-order chi connectivity index (χ0) is 10.7. The van der Waals surface area contributed by atoms with Gasteiger partial charge in [-0.2, -0.15) is 0 Å². The van der Waals surface area contributed by atoms with Crippen LogP contribution in [0.1, 0.15) is 11.3 Å². The summed E-state index contributed by atoms with van der Waals surface area (Å²) in [4.78, 5) is 4.34.